The molecule has 2 aromatic rings. The number of nitrogens with zero attached hydrogens (tertiary/aromatic N) is 5. The summed E-state index contributed by atoms with van der Waals surface area (Å²) in [5.74, 6) is 0.241. The SMILES string of the molecule is CC(C)(C)OC(=O)N1CC(OC(=O)ON2C(=O)CCC2=O)C1.CCOC(=O)[C@@H](N)CCCCCCCc1ccc2c(n1)NCCC2.CCOC(=O)[C@H](CCCCCCCc1ccc2c(n1)NCCC2)NC(=O)OC1(C)CN(C(=O)OC(C)(C)C)C1. The lowest BCUT2D eigenvalue weighted by atomic mass is 9.97. The van der Waals surface area contributed by atoms with Gasteiger partial charge in [-0.25, -0.2) is 33.9 Å². The molecule has 5 aliphatic heterocycles. The molecule has 7 rings (SSSR count). The van der Waals surface area contributed by atoms with Crippen molar-refractivity contribution in [3.8, 4) is 0 Å². The summed E-state index contributed by atoms with van der Waals surface area (Å²) in [7, 11) is 0. The fourth-order valence-electron chi connectivity index (χ4n) is 9.82. The van der Waals surface area contributed by atoms with E-state index in [1.165, 1.54) is 45.9 Å². The van der Waals surface area contributed by atoms with Crippen molar-refractivity contribution in [2.45, 2.75) is 226 Å². The standard InChI is InChI=1S/C29H46N4O6.C19H31N3O2.C13H18N2O7/c1-6-37-25(34)23(32-26(35)38-29(5)19-33(20-29)27(36)39-28(2,3)4)15-11-9-7-8-10-14-22-17-16-21-13-12-18-30-24(21)31-22;1-2-24-19(23)17(20)11-7-5-3-4-6-10-16-13-12-15-9-8-14-21-18(15)22-16;1-13(2,3)21-11(18)14-6-8(7-14)20-12(19)22-15-9(16)4-5-10(15)17/h16-17,23H,6-15,18-20H2,1-5H3,(H,30,31)(H,32,35);12-13,17H,2-11,14,20H2,1H3,(H,21,22);8H,4-7H2,1-3H3/t23-;17-;/m00./s1. The zero-order valence-corrected chi connectivity index (χ0v) is 51.8. The van der Waals surface area contributed by atoms with Crippen LogP contribution >= 0.6 is 0 Å². The molecule has 0 aromatic carbocycles. The van der Waals surface area contributed by atoms with Crippen LogP contribution in [0.2, 0.25) is 0 Å². The number of imide groups is 1. The number of hydrogen-bond donors (Lipinski definition) is 4. The van der Waals surface area contributed by atoms with Crippen molar-refractivity contribution in [1.29, 1.82) is 0 Å². The highest BCUT2D eigenvalue weighted by molar-refractivity contribution is 6.01. The molecule has 3 fully saturated rings. The van der Waals surface area contributed by atoms with E-state index in [0.717, 1.165) is 120 Å². The van der Waals surface area contributed by atoms with Gasteiger partial charge in [-0.15, -0.1) is 0 Å². The smallest absolute Gasteiger partial charge is 0.465 e. The first-order valence-electron chi connectivity index (χ1n) is 30.6. The summed E-state index contributed by atoms with van der Waals surface area (Å²) in [5.41, 5.74) is 8.74. The quantitative estimate of drug-likeness (QED) is 0.0330. The molecule has 2 atom stereocenters. The number of hydroxylamine groups is 2. The van der Waals surface area contributed by atoms with Crippen molar-refractivity contribution in [2.24, 2.45) is 5.73 Å². The number of unbranched alkanes of at least 4 members (excludes halogenated alkanes) is 8. The summed E-state index contributed by atoms with van der Waals surface area (Å²) in [4.78, 5) is 111. The number of ether oxygens (including phenoxy) is 6. The normalized spacial score (nSPS) is 16.7. The number of aryl methyl sites for hydroxylation is 4. The lowest BCUT2D eigenvalue weighted by Crippen LogP contribution is -2.65. The summed E-state index contributed by atoms with van der Waals surface area (Å²) in [6.07, 6.45) is 15.1. The first kappa shape index (κ1) is 68.8. The average Bonchev–Trinajstić information content (AvgIpc) is 3.96. The molecule has 2 aromatic heterocycles. The van der Waals surface area contributed by atoms with Crippen molar-refractivity contribution < 1.29 is 71.6 Å². The van der Waals surface area contributed by atoms with Crippen LogP contribution in [0.25, 0.3) is 0 Å². The largest absolute Gasteiger partial charge is 0.534 e. The predicted octanol–water partition coefficient (Wildman–Crippen LogP) is 9.03. The van der Waals surface area contributed by atoms with Gasteiger partial charge in [-0.05, 0) is 150 Å². The molecule has 5 aliphatic rings. The molecule has 0 unspecified atom stereocenters. The van der Waals surface area contributed by atoms with Gasteiger partial charge < -0.3 is 59.9 Å². The van der Waals surface area contributed by atoms with E-state index in [1.807, 2.05) is 0 Å². The van der Waals surface area contributed by atoms with Gasteiger partial charge in [0.25, 0.3) is 11.8 Å². The van der Waals surface area contributed by atoms with E-state index in [4.69, 9.17) is 44.1 Å². The Morgan fingerprint density at radius 2 is 1.13 bits per heavy atom. The Hall–Kier alpha value is -6.98. The highest BCUT2D eigenvalue weighted by Crippen LogP contribution is 2.28. The number of esters is 2. The Balaban J connectivity index is 0.000000247. The number of likely N-dealkylation sites (tertiary alicyclic amines) is 2. The third-order valence-corrected chi connectivity index (χ3v) is 14.2. The second kappa shape index (κ2) is 33.6. The molecule has 3 saturated heterocycles. The highest BCUT2D eigenvalue weighted by Gasteiger charge is 2.47. The zero-order chi connectivity index (χ0) is 62.2. The second-order valence-electron chi connectivity index (χ2n) is 24.3. The average molecular weight is 1190 g/mol. The maximum Gasteiger partial charge on any atom is 0.534 e. The van der Waals surface area contributed by atoms with Crippen LogP contribution in [0.3, 0.4) is 0 Å². The van der Waals surface area contributed by atoms with Gasteiger partial charge in [0.2, 0.25) is 0 Å². The zero-order valence-electron chi connectivity index (χ0n) is 51.8. The molecule has 5 amide bonds. The lowest BCUT2D eigenvalue weighted by Gasteiger charge is -2.46. The number of alkyl carbamates (subject to hydrolysis) is 1. The molecule has 0 spiro atoms. The van der Waals surface area contributed by atoms with Gasteiger partial charge in [-0.3, -0.25) is 19.2 Å². The van der Waals surface area contributed by atoms with Crippen LogP contribution in [-0.2, 0) is 78.1 Å². The first-order chi connectivity index (χ1) is 40.3. The van der Waals surface area contributed by atoms with Crippen LogP contribution in [0, 0.1) is 0 Å². The maximum atomic E-state index is 12.6. The van der Waals surface area contributed by atoms with Crippen LogP contribution in [0.15, 0.2) is 24.3 Å². The summed E-state index contributed by atoms with van der Waals surface area (Å²) in [6, 6.07) is 7.50. The van der Waals surface area contributed by atoms with Gasteiger partial charge in [0, 0.05) is 37.3 Å². The molecular weight excluding hydrogens is 1100 g/mol. The van der Waals surface area contributed by atoms with Crippen LogP contribution < -0.4 is 21.7 Å². The van der Waals surface area contributed by atoms with E-state index in [9.17, 15) is 38.4 Å². The molecular formula is C61H95N9O15. The van der Waals surface area contributed by atoms with Crippen LogP contribution in [0.1, 0.15) is 188 Å². The maximum absolute atomic E-state index is 12.6. The van der Waals surface area contributed by atoms with Crippen molar-refractivity contribution in [3.05, 3.63) is 46.8 Å². The van der Waals surface area contributed by atoms with Gasteiger partial charge >= 0.3 is 36.4 Å². The molecule has 0 bridgehead atoms. The Labute approximate surface area is 501 Å². The fourth-order valence-corrected chi connectivity index (χ4v) is 9.82. The predicted molar refractivity (Wildman–Crippen MR) is 316 cm³/mol. The van der Waals surface area contributed by atoms with Crippen molar-refractivity contribution in [2.75, 3.05) is 63.1 Å². The number of nitrogens with one attached hydrogen (secondary N) is 3. The third kappa shape index (κ3) is 24.5. The monoisotopic (exact) mass is 1190 g/mol. The highest BCUT2D eigenvalue weighted by atomic mass is 16.8. The van der Waals surface area contributed by atoms with E-state index < -0.39 is 77.2 Å². The number of hydrogen-bond acceptors (Lipinski definition) is 20. The minimum Gasteiger partial charge on any atom is -0.465 e. The fraction of sp³-hybridized carbons (Fsp3) is 0.705. The number of anilines is 2. The van der Waals surface area contributed by atoms with Gasteiger partial charge in [-0.2, -0.15) is 0 Å². The van der Waals surface area contributed by atoms with Gasteiger partial charge in [-0.1, -0.05) is 68.6 Å². The number of pyridine rings is 2. The third-order valence-electron chi connectivity index (χ3n) is 14.2. The van der Waals surface area contributed by atoms with Crippen molar-refractivity contribution >= 4 is 59.8 Å². The summed E-state index contributed by atoms with van der Waals surface area (Å²) in [6.45, 7) is 19.4. The number of nitrogens with two attached hydrogens (primary N) is 1. The topological polar surface area (TPSA) is 299 Å². The van der Waals surface area contributed by atoms with E-state index in [2.05, 4.69) is 45.1 Å². The molecule has 5 N–H and O–H groups in total. The van der Waals surface area contributed by atoms with Crippen molar-refractivity contribution in [1.82, 2.24) is 30.1 Å². The summed E-state index contributed by atoms with van der Waals surface area (Å²) < 4.78 is 31.0. The number of fused-ring (bicyclic) bond motifs is 2. The molecule has 85 heavy (non-hydrogen) atoms. The lowest BCUT2D eigenvalue weighted by molar-refractivity contribution is -0.180. The molecule has 474 valence electrons. The molecule has 0 aliphatic carbocycles. The minimum atomic E-state index is -1.14. The van der Waals surface area contributed by atoms with E-state index >= 15 is 0 Å². The Morgan fingerprint density at radius 1 is 0.659 bits per heavy atom. The molecule has 0 radical (unpaired) electrons. The minimum absolute atomic E-state index is 0.0158. The summed E-state index contributed by atoms with van der Waals surface area (Å²) in [5, 5.41) is 9.86. The molecule has 7 heterocycles. The Kier molecular flexibility index (Phi) is 27.2. The van der Waals surface area contributed by atoms with Gasteiger partial charge in [0.15, 0.2) is 0 Å². The second-order valence-corrected chi connectivity index (χ2v) is 24.3. The first-order valence-corrected chi connectivity index (χ1v) is 30.6. The Bertz CT molecular complexity index is 2520. The number of aromatic nitrogens is 2. The van der Waals surface area contributed by atoms with E-state index in [0.29, 0.717) is 18.1 Å². The van der Waals surface area contributed by atoms with Crippen LogP contribution in [-0.4, -0.2) is 160 Å². The van der Waals surface area contributed by atoms with E-state index in [1.54, 1.807) is 62.3 Å². The number of rotatable bonds is 24. The number of carbonyl (C=O) groups excluding carboxylic acids is 8. The summed E-state index contributed by atoms with van der Waals surface area (Å²) >= 11 is 0. The molecule has 0 saturated carbocycles. The number of amides is 5. The molecule has 24 nitrogen and oxygen atoms in total. The molecule has 24 heteroatoms. The Morgan fingerprint density at radius 3 is 1.64 bits per heavy atom. The van der Waals surface area contributed by atoms with Crippen LogP contribution in [0.5, 0.6) is 0 Å². The van der Waals surface area contributed by atoms with E-state index in [-0.39, 0.29) is 51.6 Å². The van der Waals surface area contributed by atoms with Crippen LogP contribution in [0.4, 0.5) is 30.8 Å². The van der Waals surface area contributed by atoms with Gasteiger partial charge in [0.1, 0.15) is 46.6 Å². The van der Waals surface area contributed by atoms with Gasteiger partial charge in [0.05, 0.1) is 39.4 Å². The van der Waals surface area contributed by atoms with Crippen molar-refractivity contribution in [3.63, 3.8) is 0 Å². The number of carbonyl (C=O) groups is 8.